The molecule has 0 radical (unpaired) electrons. The van der Waals surface area contributed by atoms with E-state index in [4.69, 9.17) is 5.73 Å². The summed E-state index contributed by atoms with van der Waals surface area (Å²) in [7, 11) is 0. The number of unbranched alkanes of at least 4 members (excludes halogenated alkanes) is 1. The van der Waals surface area contributed by atoms with Gasteiger partial charge in [-0.3, -0.25) is 0 Å². The lowest BCUT2D eigenvalue weighted by Crippen LogP contribution is -2.01. The first-order valence-electron chi connectivity index (χ1n) is 5.63. The van der Waals surface area contributed by atoms with Crippen molar-refractivity contribution in [3.8, 4) is 0 Å². The molecule has 0 fully saturated rings. The Morgan fingerprint density at radius 3 is 2.60 bits per heavy atom. The van der Waals surface area contributed by atoms with E-state index in [1.54, 1.807) is 0 Å². The van der Waals surface area contributed by atoms with Crippen LogP contribution in [0.15, 0.2) is 22.7 Å². The number of rotatable bonds is 5. The molecule has 1 rings (SSSR count). The smallest absolute Gasteiger partial charge is 0.0178 e. The monoisotopic (exact) mass is 269 g/mol. The van der Waals surface area contributed by atoms with Gasteiger partial charge in [0, 0.05) is 4.47 Å². The summed E-state index contributed by atoms with van der Waals surface area (Å²) in [4.78, 5) is 0. The Balaban J connectivity index is 2.77. The van der Waals surface area contributed by atoms with Crippen molar-refractivity contribution < 1.29 is 0 Å². The van der Waals surface area contributed by atoms with Crippen LogP contribution in [0, 0.1) is 0 Å². The normalized spacial score (nSPS) is 11.0. The van der Waals surface area contributed by atoms with Crippen molar-refractivity contribution in [2.75, 3.05) is 6.54 Å². The summed E-state index contributed by atoms with van der Waals surface area (Å²) in [6, 6.07) is 6.60. The Labute approximate surface area is 101 Å². The van der Waals surface area contributed by atoms with Crippen molar-refractivity contribution in [2.45, 2.75) is 39.0 Å². The molecular formula is C13H20BrN. The van der Waals surface area contributed by atoms with Gasteiger partial charge in [-0.1, -0.05) is 35.8 Å². The van der Waals surface area contributed by atoms with Gasteiger partial charge in [-0.15, -0.1) is 0 Å². The van der Waals surface area contributed by atoms with E-state index in [0.29, 0.717) is 5.92 Å². The van der Waals surface area contributed by atoms with Crippen molar-refractivity contribution in [3.63, 3.8) is 0 Å². The second kappa shape index (κ2) is 6.29. The van der Waals surface area contributed by atoms with E-state index in [0.717, 1.165) is 19.4 Å². The first kappa shape index (κ1) is 12.7. The van der Waals surface area contributed by atoms with Crippen LogP contribution in [0.25, 0.3) is 0 Å². The zero-order valence-electron chi connectivity index (χ0n) is 9.59. The molecule has 0 saturated carbocycles. The van der Waals surface area contributed by atoms with E-state index < -0.39 is 0 Å². The van der Waals surface area contributed by atoms with Gasteiger partial charge in [-0.25, -0.2) is 0 Å². The fourth-order valence-electron chi connectivity index (χ4n) is 1.81. The molecule has 0 unspecified atom stereocenters. The lowest BCUT2D eigenvalue weighted by molar-refractivity contribution is 0.730. The van der Waals surface area contributed by atoms with Gasteiger partial charge in [0.25, 0.3) is 0 Å². The molecule has 15 heavy (non-hydrogen) atoms. The summed E-state index contributed by atoms with van der Waals surface area (Å²) in [6.07, 6.45) is 3.45. The van der Waals surface area contributed by atoms with Crippen LogP contribution in [0.3, 0.4) is 0 Å². The molecule has 0 spiro atoms. The highest BCUT2D eigenvalue weighted by Gasteiger charge is 2.06. The van der Waals surface area contributed by atoms with Gasteiger partial charge in [0.1, 0.15) is 0 Å². The second-order valence-corrected chi connectivity index (χ2v) is 5.16. The molecule has 0 atom stereocenters. The van der Waals surface area contributed by atoms with Crippen molar-refractivity contribution in [2.24, 2.45) is 5.73 Å². The maximum absolute atomic E-state index is 5.51. The van der Waals surface area contributed by atoms with E-state index in [-0.39, 0.29) is 0 Å². The molecule has 0 aliphatic heterocycles. The number of nitrogens with two attached hydrogens (primary N) is 1. The maximum Gasteiger partial charge on any atom is 0.0178 e. The van der Waals surface area contributed by atoms with Crippen LogP contribution < -0.4 is 5.73 Å². The number of hydrogen-bond donors (Lipinski definition) is 1. The minimum absolute atomic E-state index is 0.603. The summed E-state index contributed by atoms with van der Waals surface area (Å²) in [5.74, 6) is 0.603. The van der Waals surface area contributed by atoms with Gasteiger partial charge in [-0.2, -0.15) is 0 Å². The van der Waals surface area contributed by atoms with E-state index in [2.05, 4.69) is 48.0 Å². The average Bonchev–Trinajstić information content (AvgIpc) is 2.18. The Hall–Kier alpha value is -0.340. The first-order chi connectivity index (χ1) is 7.15. The SMILES string of the molecule is CC(C)c1ccc(Br)cc1CCCCN. The molecule has 0 aliphatic rings. The molecule has 84 valence electrons. The van der Waals surface area contributed by atoms with Gasteiger partial charge < -0.3 is 5.73 Å². The zero-order chi connectivity index (χ0) is 11.3. The van der Waals surface area contributed by atoms with Crippen molar-refractivity contribution >= 4 is 15.9 Å². The van der Waals surface area contributed by atoms with Gasteiger partial charge in [0.05, 0.1) is 0 Å². The van der Waals surface area contributed by atoms with E-state index in [1.807, 2.05) is 0 Å². The average molecular weight is 270 g/mol. The fourth-order valence-corrected chi connectivity index (χ4v) is 2.22. The van der Waals surface area contributed by atoms with Gasteiger partial charge in [0.15, 0.2) is 0 Å². The molecule has 0 aromatic heterocycles. The third-order valence-corrected chi connectivity index (χ3v) is 3.12. The van der Waals surface area contributed by atoms with E-state index in [1.165, 1.54) is 22.0 Å². The van der Waals surface area contributed by atoms with Crippen LogP contribution in [0.4, 0.5) is 0 Å². The van der Waals surface area contributed by atoms with Crippen molar-refractivity contribution in [1.29, 1.82) is 0 Å². The quantitative estimate of drug-likeness (QED) is 0.808. The lowest BCUT2D eigenvalue weighted by atomic mass is 9.94. The molecule has 1 aromatic rings. The van der Waals surface area contributed by atoms with E-state index >= 15 is 0 Å². The fraction of sp³-hybridized carbons (Fsp3) is 0.538. The molecule has 2 heteroatoms. The van der Waals surface area contributed by atoms with Crippen LogP contribution in [-0.4, -0.2) is 6.54 Å². The van der Waals surface area contributed by atoms with Gasteiger partial charge in [-0.05, 0) is 55.0 Å². The lowest BCUT2D eigenvalue weighted by Gasteiger charge is -2.13. The Morgan fingerprint density at radius 2 is 2.00 bits per heavy atom. The molecule has 1 aromatic carbocycles. The molecule has 0 saturated heterocycles. The second-order valence-electron chi connectivity index (χ2n) is 4.24. The van der Waals surface area contributed by atoms with Crippen LogP contribution in [-0.2, 0) is 6.42 Å². The molecular weight excluding hydrogens is 250 g/mol. The Morgan fingerprint density at radius 1 is 1.27 bits per heavy atom. The Bertz CT molecular complexity index is 307. The molecule has 0 aliphatic carbocycles. The summed E-state index contributed by atoms with van der Waals surface area (Å²) >= 11 is 3.53. The number of hydrogen-bond acceptors (Lipinski definition) is 1. The predicted octanol–water partition coefficient (Wildman–Crippen LogP) is 3.85. The molecule has 1 nitrogen and oxygen atoms in total. The summed E-state index contributed by atoms with van der Waals surface area (Å²) in [5.41, 5.74) is 8.44. The first-order valence-corrected chi connectivity index (χ1v) is 6.43. The Kier molecular flexibility index (Phi) is 5.34. The highest BCUT2D eigenvalue weighted by Crippen LogP contribution is 2.24. The third-order valence-electron chi connectivity index (χ3n) is 2.63. The molecule has 2 N–H and O–H groups in total. The van der Waals surface area contributed by atoms with Crippen LogP contribution in [0.2, 0.25) is 0 Å². The van der Waals surface area contributed by atoms with E-state index in [9.17, 15) is 0 Å². The predicted molar refractivity (Wildman–Crippen MR) is 70.2 cm³/mol. The highest BCUT2D eigenvalue weighted by molar-refractivity contribution is 9.10. The standard InChI is InChI=1S/C13H20BrN/c1-10(2)13-7-6-12(14)9-11(13)5-3-4-8-15/h6-7,9-10H,3-5,8,15H2,1-2H3. The number of benzene rings is 1. The van der Waals surface area contributed by atoms with Crippen LogP contribution in [0.5, 0.6) is 0 Å². The summed E-state index contributed by atoms with van der Waals surface area (Å²) < 4.78 is 1.18. The van der Waals surface area contributed by atoms with Gasteiger partial charge in [0.2, 0.25) is 0 Å². The van der Waals surface area contributed by atoms with Crippen LogP contribution in [0.1, 0.15) is 43.7 Å². The molecule has 0 amide bonds. The number of halogens is 1. The summed E-state index contributed by atoms with van der Waals surface area (Å²) in [6.45, 7) is 5.29. The maximum atomic E-state index is 5.51. The minimum atomic E-state index is 0.603. The minimum Gasteiger partial charge on any atom is -0.330 e. The third kappa shape index (κ3) is 3.96. The summed E-state index contributed by atoms with van der Waals surface area (Å²) in [5, 5.41) is 0. The zero-order valence-corrected chi connectivity index (χ0v) is 11.2. The van der Waals surface area contributed by atoms with Crippen molar-refractivity contribution in [1.82, 2.24) is 0 Å². The van der Waals surface area contributed by atoms with Gasteiger partial charge >= 0.3 is 0 Å². The largest absolute Gasteiger partial charge is 0.330 e. The van der Waals surface area contributed by atoms with Crippen LogP contribution >= 0.6 is 15.9 Å². The highest BCUT2D eigenvalue weighted by atomic mass is 79.9. The molecule has 0 bridgehead atoms. The van der Waals surface area contributed by atoms with Crippen molar-refractivity contribution in [3.05, 3.63) is 33.8 Å². The number of aryl methyl sites for hydroxylation is 1. The molecule has 0 heterocycles. The topological polar surface area (TPSA) is 26.0 Å².